The highest BCUT2D eigenvalue weighted by Crippen LogP contribution is 2.30. The highest BCUT2D eigenvalue weighted by molar-refractivity contribution is 5.66. The predicted molar refractivity (Wildman–Crippen MR) is 53.4 cm³/mol. The van der Waals surface area contributed by atoms with Crippen molar-refractivity contribution in [2.45, 2.75) is 0 Å². The molecule has 0 spiro atoms. The van der Waals surface area contributed by atoms with Crippen molar-refractivity contribution in [2.75, 3.05) is 0 Å². The van der Waals surface area contributed by atoms with Crippen LogP contribution in [0.15, 0.2) is 30.3 Å². The Labute approximate surface area is 93.9 Å². The van der Waals surface area contributed by atoms with Crippen molar-refractivity contribution in [2.24, 2.45) is 0 Å². The fraction of sp³-hybridized carbons (Fsp3) is 0. The molecule has 1 N–H and O–H groups in total. The van der Waals surface area contributed by atoms with E-state index in [0.29, 0.717) is 12.1 Å². The molecule has 0 fully saturated rings. The summed E-state index contributed by atoms with van der Waals surface area (Å²) >= 11 is 0. The van der Waals surface area contributed by atoms with Gasteiger partial charge in [-0.15, -0.1) is 0 Å². The van der Waals surface area contributed by atoms with Gasteiger partial charge in [-0.25, -0.2) is 17.6 Å². The van der Waals surface area contributed by atoms with Crippen LogP contribution < -0.4 is 0 Å². The molecule has 88 valence electrons. The molecule has 0 aromatic heterocycles. The zero-order valence-electron chi connectivity index (χ0n) is 8.35. The summed E-state index contributed by atoms with van der Waals surface area (Å²) in [6.07, 6.45) is 0. The van der Waals surface area contributed by atoms with Gasteiger partial charge in [0, 0.05) is 12.1 Å². The Bertz CT molecular complexity index is 558. The maximum atomic E-state index is 13.4. The van der Waals surface area contributed by atoms with E-state index < -0.39 is 34.6 Å². The first-order chi connectivity index (χ1) is 7.99. The third-order valence-electron chi connectivity index (χ3n) is 2.24. The van der Waals surface area contributed by atoms with Crippen LogP contribution in [-0.4, -0.2) is 5.11 Å². The summed E-state index contributed by atoms with van der Waals surface area (Å²) in [7, 11) is 0. The molecule has 1 nitrogen and oxygen atoms in total. The molecule has 2 rings (SSSR count). The van der Waals surface area contributed by atoms with E-state index in [9.17, 15) is 17.6 Å². The molecule has 17 heavy (non-hydrogen) atoms. The van der Waals surface area contributed by atoms with Crippen molar-refractivity contribution in [3.05, 3.63) is 53.6 Å². The van der Waals surface area contributed by atoms with Gasteiger partial charge in [0.2, 0.25) is 0 Å². The number of phenols is 1. The molecule has 0 unspecified atom stereocenters. The standard InChI is InChI=1S/C12H6F4O/c13-7-4-9(15)12(10(16)5-7)6-1-2-8(14)11(17)3-6/h1-5,17H. The van der Waals surface area contributed by atoms with Gasteiger partial charge in [-0.05, 0) is 17.7 Å². The number of hydrogen-bond acceptors (Lipinski definition) is 1. The quantitative estimate of drug-likeness (QED) is 0.757. The van der Waals surface area contributed by atoms with Gasteiger partial charge < -0.3 is 5.11 Å². The fourth-order valence-corrected chi connectivity index (χ4v) is 1.49. The van der Waals surface area contributed by atoms with Crippen molar-refractivity contribution in [1.82, 2.24) is 0 Å². The molecule has 0 saturated carbocycles. The second kappa shape index (κ2) is 4.08. The van der Waals surface area contributed by atoms with Crippen molar-refractivity contribution in [1.29, 1.82) is 0 Å². The Morgan fingerprint density at radius 2 is 1.35 bits per heavy atom. The Balaban J connectivity index is 2.64. The summed E-state index contributed by atoms with van der Waals surface area (Å²) < 4.78 is 52.2. The molecule has 0 amide bonds. The predicted octanol–water partition coefficient (Wildman–Crippen LogP) is 3.62. The molecule has 2 aromatic carbocycles. The number of phenolic OH excluding ortho intramolecular Hbond substituents is 1. The van der Waals surface area contributed by atoms with Crippen LogP contribution in [0.3, 0.4) is 0 Å². The minimum atomic E-state index is -1.12. The van der Waals surface area contributed by atoms with E-state index in [4.69, 9.17) is 5.11 Å². The van der Waals surface area contributed by atoms with Gasteiger partial charge in [0.15, 0.2) is 11.6 Å². The Hall–Kier alpha value is -2.04. The van der Waals surface area contributed by atoms with Crippen LogP contribution in [-0.2, 0) is 0 Å². The normalized spacial score (nSPS) is 10.6. The molecular formula is C12H6F4O. The van der Waals surface area contributed by atoms with E-state index in [1.54, 1.807) is 0 Å². The number of halogens is 4. The van der Waals surface area contributed by atoms with Crippen LogP contribution in [0, 0.1) is 23.3 Å². The Kier molecular flexibility index (Phi) is 2.75. The van der Waals surface area contributed by atoms with Crippen LogP contribution in [0.25, 0.3) is 11.1 Å². The molecule has 5 heteroatoms. The van der Waals surface area contributed by atoms with E-state index in [1.807, 2.05) is 0 Å². The minimum Gasteiger partial charge on any atom is -0.505 e. The first kappa shape index (κ1) is 11.4. The second-order valence-electron chi connectivity index (χ2n) is 3.41. The van der Waals surface area contributed by atoms with Gasteiger partial charge in [0.25, 0.3) is 0 Å². The average molecular weight is 242 g/mol. The number of hydrogen-bond donors (Lipinski definition) is 1. The van der Waals surface area contributed by atoms with E-state index in [-0.39, 0.29) is 5.56 Å². The van der Waals surface area contributed by atoms with E-state index in [2.05, 4.69) is 0 Å². The smallest absolute Gasteiger partial charge is 0.164 e. The third-order valence-corrected chi connectivity index (χ3v) is 2.24. The Morgan fingerprint density at radius 1 is 0.765 bits per heavy atom. The van der Waals surface area contributed by atoms with Gasteiger partial charge in [0.1, 0.15) is 17.5 Å². The third kappa shape index (κ3) is 2.08. The molecular weight excluding hydrogens is 236 g/mol. The minimum absolute atomic E-state index is 0.0705. The maximum Gasteiger partial charge on any atom is 0.164 e. The molecule has 0 bridgehead atoms. The first-order valence-corrected chi connectivity index (χ1v) is 4.62. The lowest BCUT2D eigenvalue weighted by molar-refractivity contribution is 0.432. The highest BCUT2D eigenvalue weighted by atomic mass is 19.1. The molecule has 0 radical (unpaired) electrons. The first-order valence-electron chi connectivity index (χ1n) is 4.62. The molecule has 0 aliphatic carbocycles. The maximum absolute atomic E-state index is 13.4. The summed E-state index contributed by atoms with van der Waals surface area (Å²) in [6, 6.07) is 3.85. The van der Waals surface area contributed by atoms with E-state index in [1.165, 1.54) is 0 Å². The second-order valence-corrected chi connectivity index (χ2v) is 3.41. The molecule has 0 aliphatic rings. The summed E-state index contributed by atoms with van der Waals surface area (Å²) in [5.74, 6) is -4.92. The van der Waals surface area contributed by atoms with Crippen molar-refractivity contribution in [3.63, 3.8) is 0 Å². The van der Waals surface area contributed by atoms with Crippen LogP contribution in [0.2, 0.25) is 0 Å². The molecule has 0 saturated heterocycles. The number of aromatic hydroxyl groups is 1. The summed E-state index contributed by atoms with van der Waals surface area (Å²) in [5.41, 5.74) is -0.583. The lowest BCUT2D eigenvalue weighted by atomic mass is 10.0. The van der Waals surface area contributed by atoms with Crippen LogP contribution >= 0.6 is 0 Å². The average Bonchev–Trinajstić information content (AvgIpc) is 2.21. The largest absolute Gasteiger partial charge is 0.505 e. The Morgan fingerprint density at radius 3 is 1.88 bits per heavy atom. The zero-order valence-corrected chi connectivity index (χ0v) is 8.35. The lowest BCUT2D eigenvalue weighted by Gasteiger charge is -2.06. The van der Waals surface area contributed by atoms with Crippen molar-refractivity contribution >= 4 is 0 Å². The molecule has 2 aromatic rings. The van der Waals surface area contributed by atoms with E-state index >= 15 is 0 Å². The van der Waals surface area contributed by atoms with Gasteiger partial charge in [-0.1, -0.05) is 6.07 Å². The van der Waals surface area contributed by atoms with Gasteiger partial charge in [0.05, 0.1) is 5.56 Å². The topological polar surface area (TPSA) is 20.2 Å². The SMILES string of the molecule is Oc1cc(-c2c(F)cc(F)cc2F)ccc1F. The molecule has 0 aliphatic heterocycles. The van der Waals surface area contributed by atoms with Crippen LogP contribution in [0.5, 0.6) is 5.75 Å². The summed E-state index contributed by atoms with van der Waals surface area (Å²) in [5, 5.41) is 9.10. The van der Waals surface area contributed by atoms with Crippen molar-refractivity contribution in [3.8, 4) is 16.9 Å². The van der Waals surface area contributed by atoms with Gasteiger partial charge in [-0.3, -0.25) is 0 Å². The zero-order chi connectivity index (χ0) is 12.6. The van der Waals surface area contributed by atoms with Gasteiger partial charge in [-0.2, -0.15) is 0 Å². The highest BCUT2D eigenvalue weighted by Gasteiger charge is 2.14. The molecule has 0 heterocycles. The van der Waals surface area contributed by atoms with Gasteiger partial charge >= 0.3 is 0 Å². The van der Waals surface area contributed by atoms with Crippen LogP contribution in [0.1, 0.15) is 0 Å². The fourth-order valence-electron chi connectivity index (χ4n) is 1.49. The summed E-state index contributed by atoms with van der Waals surface area (Å²) in [6.45, 7) is 0. The monoisotopic (exact) mass is 242 g/mol. The summed E-state index contributed by atoms with van der Waals surface area (Å²) in [4.78, 5) is 0. The number of rotatable bonds is 1. The van der Waals surface area contributed by atoms with E-state index in [0.717, 1.165) is 18.2 Å². The molecule has 0 atom stereocenters. The van der Waals surface area contributed by atoms with Crippen LogP contribution in [0.4, 0.5) is 17.6 Å². The van der Waals surface area contributed by atoms with Crippen molar-refractivity contribution < 1.29 is 22.7 Å². The number of benzene rings is 2. The lowest BCUT2D eigenvalue weighted by Crippen LogP contribution is -1.92.